The van der Waals surface area contributed by atoms with Gasteiger partial charge in [0, 0.05) is 11.8 Å². The van der Waals surface area contributed by atoms with Gasteiger partial charge in [0.25, 0.3) is 0 Å². The number of carbonyl (C=O) groups excluding carboxylic acids is 1. The van der Waals surface area contributed by atoms with Crippen molar-refractivity contribution in [2.75, 3.05) is 5.73 Å². The van der Waals surface area contributed by atoms with Gasteiger partial charge in [-0.15, -0.1) is 0 Å². The number of H-pyrrole nitrogens is 1. The Balaban J connectivity index is 2.68. The normalized spacial score (nSPS) is 10.6. The minimum atomic E-state index is -0.562. The van der Waals surface area contributed by atoms with Crippen LogP contribution in [0.1, 0.15) is 38.2 Å². The van der Waals surface area contributed by atoms with Gasteiger partial charge in [0.05, 0.1) is 5.56 Å². The molecule has 3 N–H and O–H groups in total. The molecule has 0 bridgehead atoms. The molecule has 0 saturated carbocycles. The summed E-state index contributed by atoms with van der Waals surface area (Å²) < 4.78 is 0. The molecule has 0 aliphatic heterocycles. The second-order valence-electron chi connectivity index (χ2n) is 4.98. The Morgan fingerprint density at radius 2 is 1.70 bits per heavy atom. The van der Waals surface area contributed by atoms with Crippen molar-refractivity contribution in [1.82, 2.24) is 9.97 Å². The van der Waals surface area contributed by atoms with Crippen LogP contribution in [0.5, 0.6) is 0 Å². The van der Waals surface area contributed by atoms with E-state index < -0.39 is 5.69 Å². The number of hydrogen-bond donors (Lipinski definition) is 2. The monoisotopic (exact) mass is 271 g/mol. The predicted octanol–water partition coefficient (Wildman–Crippen LogP) is 1.82. The van der Waals surface area contributed by atoms with Crippen molar-refractivity contribution in [3.63, 3.8) is 0 Å². The summed E-state index contributed by atoms with van der Waals surface area (Å²) in [5, 5.41) is 0. The van der Waals surface area contributed by atoms with Gasteiger partial charge in [-0.1, -0.05) is 6.07 Å². The average molecular weight is 271 g/mol. The first kappa shape index (κ1) is 14.0. The molecule has 2 rings (SSSR count). The molecule has 1 heterocycles. The molecule has 1 aromatic carbocycles. The molecule has 0 saturated heterocycles. The first-order valence-electron chi connectivity index (χ1n) is 6.29. The van der Waals surface area contributed by atoms with Gasteiger partial charge in [-0.3, -0.25) is 9.78 Å². The summed E-state index contributed by atoms with van der Waals surface area (Å²) >= 11 is 0. The molecule has 0 atom stereocenters. The van der Waals surface area contributed by atoms with E-state index in [2.05, 4.69) is 16.0 Å². The lowest BCUT2D eigenvalue weighted by Gasteiger charge is -2.14. The number of hydrogen-bond acceptors (Lipinski definition) is 4. The van der Waals surface area contributed by atoms with Crippen molar-refractivity contribution in [2.45, 2.75) is 27.7 Å². The molecule has 0 aliphatic carbocycles. The standard InChI is InChI=1S/C15H17N3O2/c1-7-5-8(2)10(4)12(9(7)3)13(19)11-6-17-15(20)18-14(11)16/h5-6H,1-4H3,(H3,16,17,18,20). The molecule has 1 aromatic heterocycles. The van der Waals surface area contributed by atoms with Crippen LogP contribution in [0.25, 0.3) is 0 Å². The molecule has 5 heteroatoms. The zero-order chi connectivity index (χ0) is 15.0. The van der Waals surface area contributed by atoms with E-state index in [4.69, 9.17) is 5.73 Å². The highest BCUT2D eigenvalue weighted by atomic mass is 16.1. The highest BCUT2D eigenvalue weighted by Gasteiger charge is 2.20. The summed E-state index contributed by atoms with van der Waals surface area (Å²) in [7, 11) is 0. The minimum Gasteiger partial charge on any atom is -0.384 e. The van der Waals surface area contributed by atoms with Crippen LogP contribution in [-0.2, 0) is 0 Å². The van der Waals surface area contributed by atoms with Gasteiger partial charge in [-0.25, -0.2) is 9.78 Å². The Kier molecular flexibility index (Phi) is 3.44. The van der Waals surface area contributed by atoms with Crippen LogP contribution in [0.4, 0.5) is 5.82 Å². The molecule has 0 radical (unpaired) electrons. The Labute approximate surface area is 116 Å². The molecule has 0 spiro atoms. The number of nitrogens with zero attached hydrogens (tertiary/aromatic N) is 1. The maximum atomic E-state index is 12.7. The fourth-order valence-electron chi connectivity index (χ4n) is 2.28. The molecule has 0 amide bonds. The smallest absolute Gasteiger partial charge is 0.346 e. The number of nitrogens with two attached hydrogens (primary N) is 1. The molecule has 20 heavy (non-hydrogen) atoms. The third kappa shape index (κ3) is 2.22. The van der Waals surface area contributed by atoms with E-state index >= 15 is 0 Å². The van der Waals surface area contributed by atoms with Crippen molar-refractivity contribution in [3.8, 4) is 0 Å². The molecule has 0 unspecified atom stereocenters. The highest BCUT2D eigenvalue weighted by Crippen LogP contribution is 2.25. The SMILES string of the molecule is Cc1cc(C)c(C)c(C(=O)c2cnc(=O)[nH]c2N)c1C. The third-order valence-corrected chi connectivity index (χ3v) is 3.68. The van der Waals surface area contributed by atoms with E-state index in [1.165, 1.54) is 6.20 Å². The lowest BCUT2D eigenvalue weighted by molar-refractivity contribution is 0.103. The van der Waals surface area contributed by atoms with E-state index in [-0.39, 0.29) is 17.2 Å². The summed E-state index contributed by atoms with van der Waals surface area (Å²) in [5.74, 6) is -0.166. The second kappa shape index (κ2) is 4.92. The van der Waals surface area contributed by atoms with Gasteiger partial charge in [0.15, 0.2) is 5.78 Å². The largest absolute Gasteiger partial charge is 0.384 e. The predicted molar refractivity (Wildman–Crippen MR) is 78.1 cm³/mol. The van der Waals surface area contributed by atoms with Crippen molar-refractivity contribution >= 4 is 11.6 Å². The number of aromatic nitrogens is 2. The summed E-state index contributed by atoms with van der Waals surface area (Å²) in [4.78, 5) is 29.7. The van der Waals surface area contributed by atoms with Crippen LogP contribution >= 0.6 is 0 Å². The minimum absolute atomic E-state index is 0.0490. The van der Waals surface area contributed by atoms with E-state index in [1.807, 2.05) is 27.7 Å². The van der Waals surface area contributed by atoms with Crippen LogP contribution in [0.15, 0.2) is 17.1 Å². The second-order valence-corrected chi connectivity index (χ2v) is 4.98. The summed E-state index contributed by atoms with van der Waals surface area (Å²) in [5.41, 5.74) is 9.95. The van der Waals surface area contributed by atoms with Crippen LogP contribution in [0, 0.1) is 27.7 Å². The molecule has 0 aliphatic rings. The van der Waals surface area contributed by atoms with Crippen LogP contribution < -0.4 is 11.4 Å². The molecule has 0 fully saturated rings. The Morgan fingerprint density at radius 1 is 1.15 bits per heavy atom. The van der Waals surface area contributed by atoms with Gasteiger partial charge in [0.2, 0.25) is 0 Å². The maximum Gasteiger partial charge on any atom is 0.346 e. The Hall–Kier alpha value is -2.43. The zero-order valence-electron chi connectivity index (χ0n) is 12.0. The number of ketones is 1. The number of aromatic amines is 1. The van der Waals surface area contributed by atoms with Crippen molar-refractivity contribution < 1.29 is 4.79 Å². The van der Waals surface area contributed by atoms with Crippen molar-refractivity contribution in [3.05, 3.63) is 56.1 Å². The zero-order valence-corrected chi connectivity index (χ0v) is 12.0. The lowest BCUT2D eigenvalue weighted by Crippen LogP contribution is -2.18. The first-order valence-corrected chi connectivity index (χ1v) is 6.29. The lowest BCUT2D eigenvalue weighted by atomic mass is 9.90. The van der Waals surface area contributed by atoms with Crippen LogP contribution in [0.2, 0.25) is 0 Å². The van der Waals surface area contributed by atoms with Crippen molar-refractivity contribution in [2.24, 2.45) is 0 Å². The number of nitrogen functional groups attached to an aromatic ring is 1. The van der Waals surface area contributed by atoms with Gasteiger partial charge < -0.3 is 5.73 Å². The number of aryl methyl sites for hydroxylation is 2. The number of anilines is 1. The van der Waals surface area contributed by atoms with Crippen molar-refractivity contribution in [1.29, 1.82) is 0 Å². The van der Waals surface area contributed by atoms with E-state index in [0.29, 0.717) is 5.56 Å². The molecule has 104 valence electrons. The number of benzene rings is 1. The molecular weight excluding hydrogens is 254 g/mol. The van der Waals surface area contributed by atoms with Gasteiger partial charge in [0.1, 0.15) is 5.82 Å². The quantitative estimate of drug-likeness (QED) is 0.815. The molecular formula is C15H17N3O2. The van der Waals surface area contributed by atoms with Crippen LogP contribution in [-0.4, -0.2) is 15.8 Å². The Bertz CT molecular complexity index is 734. The number of carbonyl (C=O) groups is 1. The average Bonchev–Trinajstić information content (AvgIpc) is 2.36. The maximum absolute atomic E-state index is 12.7. The summed E-state index contributed by atoms with van der Waals surface area (Å²) in [6.07, 6.45) is 1.23. The fourth-order valence-corrected chi connectivity index (χ4v) is 2.28. The van der Waals surface area contributed by atoms with E-state index in [1.54, 1.807) is 0 Å². The summed E-state index contributed by atoms with van der Waals surface area (Å²) in [6, 6.07) is 2.05. The first-order chi connectivity index (χ1) is 9.32. The van der Waals surface area contributed by atoms with Gasteiger partial charge in [-0.2, -0.15) is 0 Å². The summed E-state index contributed by atoms with van der Waals surface area (Å²) in [6.45, 7) is 7.74. The van der Waals surface area contributed by atoms with Gasteiger partial charge in [-0.05, 0) is 49.9 Å². The Morgan fingerprint density at radius 3 is 2.20 bits per heavy atom. The highest BCUT2D eigenvalue weighted by molar-refractivity contribution is 6.13. The van der Waals surface area contributed by atoms with E-state index in [0.717, 1.165) is 22.3 Å². The third-order valence-electron chi connectivity index (χ3n) is 3.68. The molecule has 2 aromatic rings. The van der Waals surface area contributed by atoms with E-state index in [9.17, 15) is 9.59 Å². The van der Waals surface area contributed by atoms with Crippen LogP contribution in [0.3, 0.4) is 0 Å². The fraction of sp³-hybridized carbons (Fsp3) is 0.267. The van der Waals surface area contributed by atoms with Gasteiger partial charge >= 0.3 is 5.69 Å². The number of rotatable bonds is 2. The topological polar surface area (TPSA) is 88.8 Å². The molecule has 5 nitrogen and oxygen atoms in total. The number of nitrogens with one attached hydrogen (secondary N) is 1.